The second-order valence-corrected chi connectivity index (χ2v) is 9.54. The normalized spacial score (nSPS) is 11.7. The number of carbonyl (C=O) groups excluding carboxylic acids is 1. The zero-order chi connectivity index (χ0) is 27.9. The van der Waals surface area contributed by atoms with E-state index in [9.17, 15) is 19.1 Å². The highest BCUT2D eigenvalue weighted by Crippen LogP contribution is 2.17. The van der Waals surface area contributed by atoms with Crippen molar-refractivity contribution in [3.05, 3.63) is 137 Å². The van der Waals surface area contributed by atoms with E-state index in [2.05, 4.69) is 22.4 Å². The molecule has 5 rings (SSSR count). The molecule has 8 heteroatoms. The second-order valence-electron chi connectivity index (χ2n) is 9.54. The number of aromatic nitrogens is 2. The van der Waals surface area contributed by atoms with E-state index in [1.165, 1.54) is 17.7 Å². The number of rotatable bonds is 11. The Kier molecular flexibility index (Phi) is 8.15. The summed E-state index contributed by atoms with van der Waals surface area (Å²) >= 11 is 0. The van der Waals surface area contributed by atoms with Gasteiger partial charge in [-0.3, -0.25) is 4.79 Å². The number of halogens is 1. The van der Waals surface area contributed by atoms with Gasteiger partial charge in [0.25, 0.3) is 5.91 Å². The Hall–Kier alpha value is -4.98. The third-order valence-corrected chi connectivity index (χ3v) is 6.59. The smallest absolute Gasteiger partial charge is 0.326 e. The predicted octanol–water partition coefficient (Wildman–Crippen LogP) is 5.26. The largest absolute Gasteiger partial charge is 0.489 e. The number of carbonyl (C=O) groups is 2. The highest BCUT2D eigenvalue weighted by molar-refractivity contribution is 5.95. The zero-order valence-corrected chi connectivity index (χ0v) is 21.7. The minimum Gasteiger partial charge on any atom is -0.489 e. The van der Waals surface area contributed by atoms with Crippen molar-refractivity contribution in [2.45, 2.75) is 31.9 Å². The Morgan fingerprint density at radius 2 is 1.57 bits per heavy atom. The number of hydrogen-bond acceptors (Lipinski definition) is 4. The first-order valence-corrected chi connectivity index (χ1v) is 12.9. The quantitative estimate of drug-likeness (QED) is 0.240. The monoisotopic (exact) mass is 537 g/mol. The molecule has 5 aromatic rings. The number of amides is 1. The van der Waals surface area contributed by atoms with Gasteiger partial charge in [-0.1, -0.05) is 54.6 Å². The Balaban J connectivity index is 1.18. The average molecular weight is 538 g/mol. The number of imidazole rings is 1. The fourth-order valence-corrected chi connectivity index (χ4v) is 4.36. The number of nitrogens with zero attached hydrogens (tertiary/aromatic N) is 2. The van der Waals surface area contributed by atoms with Crippen molar-refractivity contribution >= 4 is 17.5 Å². The summed E-state index contributed by atoms with van der Waals surface area (Å²) in [6.45, 7) is 0.279. The number of nitrogens with one attached hydrogen (secondary N) is 1. The number of benzene rings is 3. The van der Waals surface area contributed by atoms with Gasteiger partial charge in [-0.25, -0.2) is 14.2 Å². The molecule has 0 saturated carbocycles. The summed E-state index contributed by atoms with van der Waals surface area (Å²) in [5.41, 5.74) is 4.67. The van der Waals surface area contributed by atoms with Crippen molar-refractivity contribution in [2.75, 3.05) is 0 Å². The summed E-state index contributed by atoms with van der Waals surface area (Å²) in [4.78, 5) is 29.3. The van der Waals surface area contributed by atoms with E-state index < -0.39 is 17.9 Å². The maximum absolute atomic E-state index is 13.1. The lowest BCUT2D eigenvalue weighted by atomic mass is 10.1. The molecule has 0 unspecified atom stereocenters. The van der Waals surface area contributed by atoms with Gasteiger partial charge in [0, 0.05) is 18.8 Å². The Morgan fingerprint density at radius 3 is 2.30 bits per heavy atom. The van der Waals surface area contributed by atoms with Gasteiger partial charge in [0.15, 0.2) is 0 Å². The third-order valence-electron chi connectivity index (χ3n) is 6.59. The van der Waals surface area contributed by atoms with Crippen LogP contribution in [0.15, 0.2) is 103 Å². The molecule has 0 aliphatic rings. The molecule has 0 bridgehead atoms. The number of ether oxygens (including phenoxy) is 1. The lowest BCUT2D eigenvalue weighted by Gasteiger charge is -2.14. The first-order valence-electron chi connectivity index (χ1n) is 12.9. The number of aryl methyl sites for hydroxylation is 2. The van der Waals surface area contributed by atoms with Crippen molar-refractivity contribution in [1.82, 2.24) is 14.7 Å². The highest BCUT2D eigenvalue weighted by atomic mass is 19.1. The first kappa shape index (κ1) is 26.6. The van der Waals surface area contributed by atoms with Crippen LogP contribution in [0.25, 0.3) is 5.65 Å². The van der Waals surface area contributed by atoms with Crippen molar-refractivity contribution in [2.24, 2.45) is 0 Å². The molecule has 0 aliphatic heterocycles. The van der Waals surface area contributed by atoms with E-state index >= 15 is 0 Å². The fraction of sp³-hybridized carbons (Fsp3) is 0.156. The molecule has 0 aliphatic carbocycles. The molecule has 2 aromatic heterocycles. The molecule has 1 amide bonds. The van der Waals surface area contributed by atoms with Gasteiger partial charge < -0.3 is 19.6 Å². The van der Waals surface area contributed by atoms with E-state index in [0.717, 1.165) is 29.5 Å². The van der Waals surface area contributed by atoms with Gasteiger partial charge >= 0.3 is 5.97 Å². The fourth-order valence-electron chi connectivity index (χ4n) is 4.36. The Morgan fingerprint density at radius 1 is 0.875 bits per heavy atom. The number of carboxylic acid groups (broad SMARTS) is 1. The summed E-state index contributed by atoms with van der Waals surface area (Å²) in [5, 5.41) is 12.3. The van der Waals surface area contributed by atoms with Crippen LogP contribution in [-0.4, -0.2) is 32.4 Å². The van der Waals surface area contributed by atoms with Gasteiger partial charge in [-0.2, -0.15) is 0 Å². The van der Waals surface area contributed by atoms with Crippen LogP contribution in [0.2, 0.25) is 0 Å². The number of fused-ring (bicyclic) bond motifs is 1. The number of aliphatic carboxylic acids is 1. The van der Waals surface area contributed by atoms with Crippen molar-refractivity contribution in [1.29, 1.82) is 0 Å². The molecule has 7 nitrogen and oxygen atoms in total. The van der Waals surface area contributed by atoms with Crippen LogP contribution in [0, 0.1) is 5.82 Å². The van der Waals surface area contributed by atoms with Crippen LogP contribution in [0.1, 0.15) is 32.7 Å². The van der Waals surface area contributed by atoms with Gasteiger partial charge in [0.1, 0.15) is 35.6 Å². The summed E-state index contributed by atoms with van der Waals surface area (Å²) in [7, 11) is 0. The molecule has 3 aromatic carbocycles. The summed E-state index contributed by atoms with van der Waals surface area (Å²) in [6.07, 6.45) is 5.28. The molecule has 2 heterocycles. The number of pyridine rings is 1. The molecular formula is C32H28FN3O4. The molecule has 0 saturated heterocycles. The molecule has 2 N–H and O–H groups in total. The van der Waals surface area contributed by atoms with E-state index in [1.807, 2.05) is 36.5 Å². The van der Waals surface area contributed by atoms with Gasteiger partial charge in [0.05, 0.1) is 0 Å². The topological polar surface area (TPSA) is 92.9 Å². The van der Waals surface area contributed by atoms with Gasteiger partial charge in [0.2, 0.25) is 0 Å². The highest BCUT2D eigenvalue weighted by Gasteiger charge is 2.22. The lowest BCUT2D eigenvalue weighted by Crippen LogP contribution is -2.42. The van der Waals surface area contributed by atoms with E-state index in [-0.39, 0.29) is 24.5 Å². The predicted molar refractivity (Wildman–Crippen MR) is 149 cm³/mol. The SMILES string of the molecule is O=C(N[C@@H](Cc1ccc(OCc2ccc(F)cc2)cc1)C(=O)O)c1cn2ccc(CCc3ccccc3)cc2n1. The first-order chi connectivity index (χ1) is 19.4. The van der Waals surface area contributed by atoms with E-state index in [4.69, 9.17) is 4.74 Å². The molecule has 1 atom stereocenters. The van der Waals surface area contributed by atoms with Crippen LogP contribution in [0.3, 0.4) is 0 Å². The molecule has 0 fully saturated rings. The average Bonchev–Trinajstić information content (AvgIpc) is 3.40. The third kappa shape index (κ3) is 6.91. The maximum Gasteiger partial charge on any atom is 0.326 e. The molecule has 0 spiro atoms. The van der Waals surface area contributed by atoms with Crippen LogP contribution < -0.4 is 10.1 Å². The van der Waals surface area contributed by atoms with E-state index in [1.54, 1.807) is 47.0 Å². The minimum absolute atomic E-state index is 0.0936. The molecule has 0 radical (unpaired) electrons. The second kappa shape index (κ2) is 12.3. The van der Waals surface area contributed by atoms with Gasteiger partial charge in [-0.05, 0) is 71.5 Å². The summed E-state index contributed by atoms with van der Waals surface area (Å²) in [5.74, 6) is -1.41. The van der Waals surface area contributed by atoms with Crippen molar-refractivity contribution < 1.29 is 23.8 Å². The minimum atomic E-state index is -1.14. The van der Waals surface area contributed by atoms with E-state index in [0.29, 0.717) is 11.4 Å². The number of hydrogen-bond donors (Lipinski definition) is 2. The van der Waals surface area contributed by atoms with Crippen molar-refractivity contribution in [3.8, 4) is 5.75 Å². The maximum atomic E-state index is 13.1. The summed E-state index contributed by atoms with van der Waals surface area (Å²) < 4.78 is 20.5. The van der Waals surface area contributed by atoms with Crippen LogP contribution in [0.4, 0.5) is 4.39 Å². The summed E-state index contributed by atoms with van der Waals surface area (Å²) in [6, 6.07) is 26.0. The molecule has 202 valence electrons. The van der Waals surface area contributed by atoms with Crippen molar-refractivity contribution in [3.63, 3.8) is 0 Å². The van der Waals surface area contributed by atoms with Crippen LogP contribution in [0.5, 0.6) is 5.75 Å². The lowest BCUT2D eigenvalue weighted by molar-refractivity contribution is -0.139. The van der Waals surface area contributed by atoms with Crippen LogP contribution in [-0.2, 0) is 30.7 Å². The molecular weight excluding hydrogens is 509 g/mol. The van der Waals surface area contributed by atoms with Gasteiger partial charge in [-0.15, -0.1) is 0 Å². The van der Waals surface area contributed by atoms with Crippen LogP contribution >= 0.6 is 0 Å². The standard InChI is InChI=1S/C32H28FN3O4/c33-26-12-8-25(9-13-26)21-40-27-14-10-23(11-15-27)18-28(32(38)39)35-31(37)29-20-36-17-16-24(19-30(36)34-29)7-6-22-4-2-1-3-5-22/h1-5,8-17,19-20,28H,6-7,18,21H2,(H,35,37)(H,38,39)/t28-/m0/s1. The Bertz CT molecular complexity index is 1600. The molecule has 40 heavy (non-hydrogen) atoms. The zero-order valence-electron chi connectivity index (χ0n) is 21.7. The Labute approximate surface area is 230 Å². The number of carboxylic acids is 1.